The molecule has 1 amide bonds. The van der Waals surface area contributed by atoms with Crippen LogP contribution in [0, 0.1) is 5.82 Å². The lowest BCUT2D eigenvalue weighted by Gasteiger charge is -2.20. The Morgan fingerprint density at radius 2 is 1.96 bits per heavy atom. The first-order chi connectivity index (χ1) is 11.5. The van der Waals surface area contributed by atoms with Crippen LogP contribution in [0.25, 0.3) is 0 Å². The average molecular weight is 352 g/mol. The summed E-state index contributed by atoms with van der Waals surface area (Å²) in [5.41, 5.74) is 0.560. The van der Waals surface area contributed by atoms with Crippen molar-refractivity contribution in [2.24, 2.45) is 0 Å². The molecule has 0 spiro atoms. The van der Waals surface area contributed by atoms with Crippen molar-refractivity contribution in [3.05, 3.63) is 47.2 Å². The molecule has 0 fully saturated rings. The molecule has 1 heterocycles. The molecule has 7 heteroatoms. The summed E-state index contributed by atoms with van der Waals surface area (Å²) in [6.45, 7) is 2.54. The molecule has 126 valence electrons. The number of halogens is 2. The van der Waals surface area contributed by atoms with Gasteiger partial charge in [-0.05, 0) is 37.3 Å². The molecule has 0 radical (unpaired) electrons. The van der Waals surface area contributed by atoms with Gasteiger partial charge in [-0.1, -0.05) is 11.6 Å². The van der Waals surface area contributed by atoms with Gasteiger partial charge in [-0.2, -0.15) is 0 Å². The summed E-state index contributed by atoms with van der Waals surface area (Å²) in [6, 6.07) is 8.85. The third-order valence-corrected chi connectivity index (χ3v) is 3.67. The lowest BCUT2D eigenvalue weighted by atomic mass is 10.2. The second kappa shape index (κ2) is 6.97. The van der Waals surface area contributed by atoms with Crippen LogP contribution in [0.4, 0.5) is 10.1 Å². The molecule has 0 saturated heterocycles. The summed E-state index contributed by atoms with van der Waals surface area (Å²) in [7, 11) is 0. The Kier molecular flexibility index (Phi) is 4.76. The van der Waals surface area contributed by atoms with Crippen molar-refractivity contribution in [1.82, 2.24) is 0 Å². The van der Waals surface area contributed by atoms with Crippen molar-refractivity contribution < 1.29 is 23.4 Å². The van der Waals surface area contributed by atoms with Gasteiger partial charge < -0.3 is 19.5 Å². The highest BCUT2D eigenvalue weighted by Crippen LogP contribution is 2.32. The molecule has 0 aromatic heterocycles. The van der Waals surface area contributed by atoms with E-state index in [0.29, 0.717) is 30.4 Å². The third kappa shape index (κ3) is 3.71. The van der Waals surface area contributed by atoms with Crippen LogP contribution in [-0.4, -0.2) is 25.2 Å². The number of rotatable bonds is 4. The summed E-state index contributed by atoms with van der Waals surface area (Å²) in [5, 5.41) is 2.83. The normalized spacial score (nSPS) is 14.0. The van der Waals surface area contributed by atoms with Gasteiger partial charge in [0.25, 0.3) is 5.91 Å². The van der Waals surface area contributed by atoms with Crippen molar-refractivity contribution in [2.45, 2.75) is 13.0 Å². The SMILES string of the molecule is CC(Oc1ccc(F)cc1Cl)C(=O)Nc1ccc2c(c1)OCCO2. The quantitative estimate of drug-likeness (QED) is 0.913. The highest BCUT2D eigenvalue weighted by atomic mass is 35.5. The fourth-order valence-corrected chi connectivity index (χ4v) is 2.39. The largest absolute Gasteiger partial charge is 0.486 e. The van der Waals surface area contributed by atoms with Gasteiger partial charge in [0.1, 0.15) is 24.8 Å². The Balaban J connectivity index is 1.65. The molecule has 1 N–H and O–H groups in total. The summed E-state index contributed by atoms with van der Waals surface area (Å²) in [6.07, 6.45) is -0.818. The maximum atomic E-state index is 13.0. The van der Waals surface area contributed by atoms with Crippen LogP contribution in [0.5, 0.6) is 17.2 Å². The molecule has 0 saturated carbocycles. The fourth-order valence-electron chi connectivity index (χ4n) is 2.18. The van der Waals surface area contributed by atoms with Gasteiger partial charge in [-0.15, -0.1) is 0 Å². The van der Waals surface area contributed by atoms with Gasteiger partial charge in [0.2, 0.25) is 0 Å². The second-order valence-electron chi connectivity index (χ2n) is 5.18. The Morgan fingerprint density at radius 3 is 2.71 bits per heavy atom. The number of hydrogen-bond acceptors (Lipinski definition) is 4. The first-order valence-corrected chi connectivity index (χ1v) is 7.73. The lowest BCUT2D eigenvalue weighted by Crippen LogP contribution is -2.30. The van der Waals surface area contributed by atoms with Crippen molar-refractivity contribution in [1.29, 1.82) is 0 Å². The minimum Gasteiger partial charge on any atom is -0.486 e. The molecule has 1 atom stereocenters. The number of ether oxygens (including phenoxy) is 3. The monoisotopic (exact) mass is 351 g/mol. The van der Waals surface area contributed by atoms with Gasteiger partial charge in [-0.3, -0.25) is 4.79 Å². The number of carbonyl (C=O) groups is 1. The minimum absolute atomic E-state index is 0.106. The van der Waals surface area contributed by atoms with Crippen LogP contribution in [0.3, 0.4) is 0 Å². The van der Waals surface area contributed by atoms with E-state index >= 15 is 0 Å². The van der Waals surface area contributed by atoms with Gasteiger partial charge >= 0.3 is 0 Å². The van der Waals surface area contributed by atoms with E-state index < -0.39 is 11.9 Å². The van der Waals surface area contributed by atoms with Gasteiger partial charge in [0.15, 0.2) is 17.6 Å². The van der Waals surface area contributed by atoms with E-state index in [1.807, 2.05) is 0 Å². The van der Waals surface area contributed by atoms with Crippen LogP contribution in [0.1, 0.15) is 6.92 Å². The molecule has 24 heavy (non-hydrogen) atoms. The second-order valence-corrected chi connectivity index (χ2v) is 5.59. The van der Waals surface area contributed by atoms with E-state index in [9.17, 15) is 9.18 Å². The van der Waals surface area contributed by atoms with Gasteiger partial charge in [0.05, 0.1) is 5.02 Å². The van der Waals surface area contributed by atoms with E-state index in [4.69, 9.17) is 25.8 Å². The van der Waals surface area contributed by atoms with Crippen LogP contribution >= 0.6 is 11.6 Å². The van der Waals surface area contributed by atoms with Crippen molar-refractivity contribution in [3.63, 3.8) is 0 Å². The van der Waals surface area contributed by atoms with E-state index in [2.05, 4.69) is 5.32 Å². The Bertz CT molecular complexity index is 768. The van der Waals surface area contributed by atoms with Crippen LogP contribution in [0.2, 0.25) is 5.02 Å². The molecule has 1 aliphatic heterocycles. The van der Waals surface area contributed by atoms with Crippen LogP contribution in [-0.2, 0) is 4.79 Å². The van der Waals surface area contributed by atoms with Crippen LogP contribution in [0.15, 0.2) is 36.4 Å². The zero-order chi connectivity index (χ0) is 17.1. The summed E-state index contributed by atoms with van der Waals surface area (Å²) < 4.78 is 29.4. The highest BCUT2D eigenvalue weighted by Gasteiger charge is 2.18. The van der Waals surface area contributed by atoms with Crippen molar-refractivity contribution >= 4 is 23.2 Å². The third-order valence-electron chi connectivity index (χ3n) is 3.38. The minimum atomic E-state index is -0.818. The Hall–Kier alpha value is -2.47. The number of carbonyl (C=O) groups excluding carboxylic acids is 1. The number of benzene rings is 2. The van der Waals surface area contributed by atoms with E-state index in [1.54, 1.807) is 25.1 Å². The van der Waals surface area contributed by atoms with Crippen LogP contribution < -0.4 is 19.5 Å². The molecule has 0 aliphatic carbocycles. The molecule has 2 aromatic carbocycles. The molecule has 1 aliphatic rings. The fraction of sp³-hybridized carbons (Fsp3) is 0.235. The maximum Gasteiger partial charge on any atom is 0.265 e. The van der Waals surface area contributed by atoms with Gasteiger partial charge in [-0.25, -0.2) is 4.39 Å². The molecule has 2 aromatic rings. The summed E-state index contributed by atoms with van der Waals surface area (Å²) in [5.74, 6) is 0.617. The first-order valence-electron chi connectivity index (χ1n) is 7.35. The zero-order valence-electron chi connectivity index (χ0n) is 12.8. The molecule has 0 bridgehead atoms. The van der Waals surface area contributed by atoms with E-state index in [-0.39, 0.29) is 16.7 Å². The van der Waals surface area contributed by atoms with Gasteiger partial charge in [0, 0.05) is 11.8 Å². The number of anilines is 1. The van der Waals surface area contributed by atoms with E-state index in [0.717, 1.165) is 6.07 Å². The zero-order valence-corrected chi connectivity index (χ0v) is 13.6. The smallest absolute Gasteiger partial charge is 0.265 e. The molecule has 3 rings (SSSR count). The van der Waals surface area contributed by atoms with Crippen molar-refractivity contribution in [3.8, 4) is 17.2 Å². The Labute approximate surface area is 143 Å². The number of fused-ring (bicyclic) bond motifs is 1. The standard InChI is InChI=1S/C17H15ClFNO4/c1-10(24-14-4-2-11(19)8-13(14)18)17(21)20-12-3-5-15-16(9-12)23-7-6-22-15/h2-5,8-10H,6-7H2,1H3,(H,20,21). The predicted molar refractivity (Wildman–Crippen MR) is 87.6 cm³/mol. The number of amides is 1. The highest BCUT2D eigenvalue weighted by molar-refractivity contribution is 6.32. The Morgan fingerprint density at radius 1 is 1.21 bits per heavy atom. The lowest BCUT2D eigenvalue weighted by molar-refractivity contribution is -0.122. The molecular weight excluding hydrogens is 337 g/mol. The van der Waals surface area contributed by atoms with Crippen molar-refractivity contribution in [2.75, 3.05) is 18.5 Å². The summed E-state index contributed by atoms with van der Waals surface area (Å²) in [4.78, 5) is 12.2. The predicted octanol–water partition coefficient (Wildman–Crippen LogP) is 3.66. The maximum absolute atomic E-state index is 13.0. The number of hydrogen-bond donors (Lipinski definition) is 1. The number of nitrogens with one attached hydrogen (secondary N) is 1. The molecule has 1 unspecified atom stereocenters. The topological polar surface area (TPSA) is 56.8 Å². The average Bonchev–Trinajstić information content (AvgIpc) is 2.57. The summed E-state index contributed by atoms with van der Waals surface area (Å²) >= 11 is 5.89. The molecular formula is C17H15ClFNO4. The molecule has 5 nitrogen and oxygen atoms in total. The first kappa shape index (κ1) is 16.4. The van der Waals surface area contributed by atoms with E-state index in [1.165, 1.54) is 12.1 Å².